The molecular formula is C22H28N2. The molecule has 3 rings (SSSR count). The Bertz CT molecular complexity index is 726. The molecule has 2 nitrogen and oxygen atoms in total. The second-order valence-electron chi connectivity index (χ2n) is 6.52. The summed E-state index contributed by atoms with van der Waals surface area (Å²) in [6.07, 6.45) is 2.21. The molecule has 0 unspecified atom stereocenters. The van der Waals surface area contributed by atoms with Crippen LogP contribution in [0.3, 0.4) is 0 Å². The van der Waals surface area contributed by atoms with Crippen molar-refractivity contribution in [1.82, 2.24) is 4.90 Å². The highest BCUT2D eigenvalue weighted by Gasteiger charge is 2.20. The van der Waals surface area contributed by atoms with E-state index >= 15 is 0 Å². The Morgan fingerprint density at radius 1 is 0.917 bits per heavy atom. The summed E-state index contributed by atoms with van der Waals surface area (Å²) in [6, 6.07) is 15.4. The molecule has 0 saturated heterocycles. The Labute approximate surface area is 146 Å². The fourth-order valence-corrected chi connectivity index (χ4v) is 3.64. The zero-order chi connectivity index (χ0) is 16.9. The zero-order valence-electron chi connectivity index (χ0n) is 15.2. The molecule has 0 radical (unpaired) electrons. The third-order valence-electron chi connectivity index (χ3n) is 5.16. The van der Waals surface area contributed by atoms with Gasteiger partial charge in [0.1, 0.15) is 0 Å². The van der Waals surface area contributed by atoms with E-state index in [2.05, 4.69) is 68.1 Å². The predicted molar refractivity (Wildman–Crippen MR) is 103 cm³/mol. The molecule has 0 bridgehead atoms. The van der Waals surface area contributed by atoms with Crippen LogP contribution in [0.5, 0.6) is 0 Å². The van der Waals surface area contributed by atoms with Gasteiger partial charge in [0.15, 0.2) is 0 Å². The van der Waals surface area contributed by atoms with E-state index < -0.39 is 0 Å². The Morgan fingerprint density at radius 2 is 1.67 bits per heavy atom. The second-order valence-corrected chi connectivity index (χ2v) is 6.52. The Balaban J connectivity index is 2.01. The first-order valence-electron chi connectivity index (χ1n) is 9.18. The van der Waals surface area contributed by atoms with Crippen molar-refractivity contribution in [2.45, 2.75) is 33.6 Å². The summed E-state index contributed by atoms with van der Waals surface area (Å²) in [5.41, 5.74) is 8.12. The van der Waals surface area contributed by atoms with Crippen LogP contribution in [0.4, 0.5) is 0 Å². The number of aryl methyl sites for hydroxylation is 2. The van der Waals surface area contributed by atoms with Gasteiger partial charge in [-0.1, -0.05) is 56.3 Å². The number of hydrogen-bond acceptors (Lipinski definition) is 2. The third kappa shape index (κ3) is 3.44. The number of aliphatic imine (C=N–C) groups is 1. The minimum atomic E-state index is 0.860. The van der Waals surface area contributed by atoms with Gasteiger partial charge in [-0.3, -0.25) is 4.99 Å². The SMILES string of the molecule is CCN(CC)CC/N=C1/c2ccccc2CCc2c(C)cccc21. The lowest BCUT2D eigenvalue weighted by Gasteiger charge is -2.17. The monoisotopic (exact) mass is 320 g/mol. The summed E-state index contributed by atoms with van der Waals surface area (Å²) in [7, 11) is 0. The number of likely N-dealkylation sites (N-methyl/N-ethyl adjacent to an activating group) is 1. The summed E-state index contributed by atoms with van der Waals surface area (Å²) < 4.78 is 0. The normalized spacial score (nSPS) is 15.2. The summed E-state index contributed by atoms with van der Waals surface area (Å²) in [4.78, 5) is 7.51. The van der Waals surface area contributed by atoms with E-state index in [1.54, 1.807) is 0 Å². The van der Waals surface area contributed by atoms with Crippen molar-refractivity contribution >= 4 is 5.71 Å². The molecular weight excluding hydrogens is 292 g/mol. The summed E-state index contributed by atoms with van der Waals surface area (Å²) in [5, 5.41) is 0. The van der Waals surface area contributed by atoms with Crippen LogP contribution < -0.4 is 0 Å². The van der Waals surface area contributed by atoms with E-state index in [0.717, 1.165) is 39.0 Å². The molecule has 0 aliphatic heterocycles. The van der Waals surface area contributed by atoms with Gasteiger partial charge < -0.3 is 4.90 Å². The molecule has 0 N–H and O–H groups in total. The van der Waals surface area contributed by atoms with E-state index in [-0.39, 0.29) is 0 Å². The smallest absolute Gasteiger partial charge is 0.0725 e. The Kier molecular flexibility index (Phi) is 5.47. The van der Waals surface area contributed by atoms with Crippen molar-refractivity contribution in [2.75, 3.05) is 26.2 Å². The van der Waals surface area contributed by atoms with Crippen LogP contribution in [-0.2, 0) is 12.8 Å². The third-order valence-corrected chi connectivity index (χ3v) is 5.16. The number of fused-ring (bicyclic) bond motifs is 2. The molecule has 1 aliphatic carbocycles. The van der Waals surface area contributed by atoms with Crippen molar-refractivity contribution in [2.24, 2.45) is 4.99 Å². The molecule has 1 aliphatic rings. The minimum absolute atomic E-state index is 0.860. The second kappa shape index (κ2) is 7.76. The molecule has 0 saturated carbocycles. The molecule has 0 atom stereocenters. The number of hydrogen-bond donors (Lipinski definition) is 0. The average molecular weight is 320 g/mol. The fourth-order valence-electron chi connectivity index (χ4n) is 3.64. The van der Waals surface area contributed by atoms with Crippen molar-refractivity contribution in [3.05, 3.63) is 70.3 Å². The van der Waals surface area contributed by atoms with Crippen LogP contribution in [-0.4, -0.2) is 36.8 Å². The van der Waals surface area contributed by atoms with E-state index in [1.807, 2.05) is 0 Å². The van der Waals surface area contributed by atoms with Gasteiger partial charge in [-0.15, -0.1) is 0 Å². The maximum Gasteiger partial charge on any atom is 0.0725 e. The molecule has 0 amide bonds. The molecule has 0 aromatic heterocycles. The quantitative estimate of drug-likeness (QED) is 0.803. The highest BCUT2D eigenvalue weighted by molar-refractivity contribution is 6.15. The van der Waals surface area contributed by atoms with Crippen LogP contribution >= 0.6 is 0 Å². The summed E-state index contributed by atoms with van der Waals surface area (Å²) in [6.45, 7) is 10.7. The number of nitrogens with zero attached hydrogens (tertiary/aromatic N) is 2. The van der Waals surface area contributed by atoms with E-state index in [9.17, 15) is 0 Å². The highest BCUT2D eigenvalue weighted by atomic mass is 15.1. The summed E-state index contributed by atoms with van der Waals surface area (Å²) >= 11 is 0. The lowest BCUT2D eigenvalue weighted by Crippen LogP contribution is -2.26. The van der Waals surface area contributed by atoms with Gasteiger partial charge in [-0.25, -0.2) is 0 Å². The molecule has 2 aromatic carbocycles. The maximum absolute atomic E-state index is 5.08. The van der Waals surface area contributed by atoms with Gasteiger partial charge in [0, 0.05) is 17.7 Å². The average Bonchev–Trinajstić information content (AvgIpc) is 2.77. The number of rotatable bonds is 5. The molecule has 24 heavy (non-hydrogen) atoms. The van der Waals surface area contributed by atoms with E-state index in [0.29, 0.717) is 0 Å². The first-order valence-corrected chi connectivity index (χ1v) is 9.18. The first kappa shape index (κ1) is 16.9. The first-order chi connectivity index (χ1) is 11.7. The molecule has 2 aromatic rings. The lowest BCUT2D eigenvalue weighted by molar-refractivity contribution is 0.313. The van der Waals surface area contributed by atoms with E-state index in [1.165, 1.54) is 33.5 Å². The van der Waals surface area contributed by atoms with Crippen LogP contribution in [0.25, 0.3) is 0 Å². The molecule has 2 heteroatoms. The topological polar surface area (TPSA) is 15.6 Å². The summed E-state index contributed by atoms with van der Waals surface area (Å²) in [5.74, 6) is 0. The molecule has 0 heterocycles. The fraction of sp³-hybridized carbons (Fsp3) is 0.409. The largest absolute Gasteiger partial charge is 0.302 e. The van der Waals surface area contributed by atoms with Crippen LogP contribution in [0.1, 0.15) is 41.7 Å². The molecule has 126 valence electrons. The minimum Gasteiger partial charge on any atom is -0.302 e. The van der Waals surface area contributed by atoms with Gasteiger partial charge in [0.05, 0.1) is 12.3 Å². The molecule has 0 fully saturated rings. The highest BCUT2D eigenvalue weighted by Crippen LogP contribution is 2.27. The van der Waals surface area contributed by atoms with Crippen LogP contribution in [0.2, 0.25) is 0 Å². The van der Waals surface area contributed by atoms with Crippen molar-refractivity contribution in [3.63, 3.8) is 0 Å². The van der Waals surface area contributed by atoms with Gasteiger partial charge in [-0.05, 0) is 49.5 Å². The van der Waals surface area contributed by atoms with E-state index in [4.69, 9.17) is 4.99 Å². The standard InChI is InChI=1S/C22H28N2/c1-4-24(5-2)16-15-23-22-20-11-7-6-10-18(20)13-14-19-17(3)9-8-12-21(19)22/h6-12H,4-5,13-16H2,1-3H3/b23-22-. The maximum atomic E-state index is 5.08. The zero-order valence-corrected chi connectivity index (χ0v) is 15.2. The van der Waals surface area contributed by atoms with Crippen molar-refractivity contribution in [1.29, 1.82) is 0 Å². The van der Waals surface area contributed by atoms with Crippen LogP contribution in [0.15, 0.2) is 47.5 Å². The predicted octanol–water partition coefficient (Wildman–Crippen LogP) is 4.27. The van der Waals surface area contributed by atoms with Crippen LogP contribution in [0, 0.1) is 6.92 Å². The lowest BCUT2D eigenvalue weighted by atomic mass is 9.95. The number of benzene rings is 2. The van der Waals surface area contributed by atoms with Gasteiger partial charge in [0.2, 0.25) is 0 Å². The van der Waals surface area contributed by atoms with Crippen molar-refractivity contribution < 1.29 is 0 Å². The Hall–Kier alpha value is -1.93. The van der Waals surface area contributed by atoms with Crippen molar-refractivity contribution in [3.8, 4) is 0 Å². The van der Waals surface area contributed by atoms with Gasteiger partial charge in [-0.2, -0.15) is 0 Å². The van der Waals surface area contributed by atoms with Gasteiger partial charge in [0.25, 0.3) is 0 Å². The molecule has 0 spiro atoms. The Morgan fingerprint density at radius 3 is 2.46 bits per heavy atom. The van der Waals surface area contributed by atoms with Gasteiger partial charge >= 0.3 is 0 Å².